The van der Waals surface area contributed by atoms with Crippen LogP contribution < -0.4 is 5.32 Å². The summed E-state index contributed by atoms with van der Waals surface area (Å²) in [6.07, 6.45) is 5.21. The highest BCUT2D eigenvalue weighted by Gasteiger charge is 2.12. The van der Waals surface area contributed by atoms with E-state index in [-0.39, 0.29) is 0 Å². The lowest BCUT2D eigenvalue weighted by atomic mass is 10.0. The third kappa shape index (κ3) is 5.21. The molecule has 102 valence electrons. The van der Waals surface area contributed by atoms with Gasteiger partial charge in [-0.1, -0.05) is 0 Å². The van der Waals surface area contributed by atoms with Gasteiger partial charge in [-0.15, -0.1) is 0 Å². The van der Waals surface area contributed by atoms with Gasteiger partial charge in [0.1, 0.15) is 12.4 Å². The van der Waals surface area contributed by atoms with Gasteiger partial charge < -0.3 is 19.2 Å². The highest BCUT2D eigenvalue weighted by Crippen LogP contribution is 2.11. The zero-order valence-electron chi connectivity index (χ0n) is 10.9. The summed E-state index contributed by atoms with van der Waals surface area (Å²) in [4.78, 5) is 0. The molecule has 18 heavy (non-hydrogen) atoms. The molecule has 1 unspecified atom stereocenters. The SMILES string of the molecule is c1coc(COCCCNCC2CCCOC2)c1. The number of hydrogen-bond donors (Lipinski definition) is 1. The van der Waals surface area contributed by atoms with Gasteiger partial charge >= 0.3 is 0 Å². The average Bonchev–Trinajstić information content (AvgIpc) is 2.92. The quantitative estimate of drug-likeness (QED) is 0.721. The van der Waals surface area contributed by atoms with Crippen LogP contribution in [0.1, 0.15) is 25.0 Å². The van der Waals surface area contributed by atoms with Gasteiger partial charge in [-0.05, 0) is 43.9 Å². The molecule has 1 saturated heterocycles. The monoisotopic (exact) mass is 253 g/mol. The van der Waals surface area contributed by atoms with Gasteiger partial charge in [0.25, 0.3) is 0 Å². The molecule has 1 aromatic rings. The molecule has 0 spiro atoms. The maximum atomic E-state index is 5.51. The smallest absolute Gasteiger partial charge is 0.129 e. The highest BCUT2D eigenvalue weighted by molar-refractivity contribution is 4.95. The fourth-order valence-electron chi connectivity index (χ4n) is 2.14. The maximum absolute atomic E-state index is 5.51. The molecule has 1 fully saturated rings. The van der Waals surface area contributed by atoms with Crippen molar-refractivity contribution >= 4 is 0 Å². The van der Waals surface area contributed by atoms with Crippen LogP contribution in [0.3, 0.4) is 0 Å². The normalized spacial score (nSPS) is 20.1. The van der Waals surface area contributed by atoms with Crippen molar-refractivity contribution in [1.29, 1.82) is 0 Å². The zero-order valence-corrected chi connectivity index (χ0v) is 10.9. The van der Waals surface area contributed by atoms with Gasteiger partial charge in [0.05, 0.1) is 12.9 Å². The molecule has 4 heteroatoms. The Bertz CT molecular complexity index is 294. The predicted molar refractivity (Wildman–Crippen MR) is 69.4 cm³/mol. The van der Waals surface area contributed by atoms with Crippen LogP contribution in [0.4, 0.5) is 0 Å². The second-order valence-corrected chi connectivity index (χ2v) is 4.77. The lowest BCUT2D eigenvalue weighted by molar-refractivity contribution is 0.0543. The van der Waals surface area contributed by atoms with Crippen LogP contribution in [0, 0.1) is 5.92 Å². The van der Waals surface area contributed by atoms with Gasteiger partial charge in [-0.2, -0.15) is 0 Å². The molecule has 0 amide bonds. The van der Waals surface area contributed by atoms with Crippen LogP contribution in [0.2, 0.25) is 0 Å². The number of hydrogen-bond acceptors (Lipinski definition) is 4. The minimum Gasteiger partial charge on any atom is -0.467 e. The van der Waals surface area contributed by atoms with E-state index in [1.807, 2.05) is 12.1 Å². The first kappa shape index (κ1) is 13.6. The molecule has 1 atom stereocenters. The van der Waals surface area contributed by atoms with Gasteiger partial charge in [-0.25, -0.2) is 0 Å². The van der Waals surface area contributed by atoms with E-state index in [1.54, 1.807) is 6.26 Å². The number of rotatable bonds is 8. The molecule has 0 aromatic carbocycles. The topological polar surface area (TPSA) is 43.6 Å². The molecule has 2 heterocycles. The first-order valence-electron chi connectivity index (χ1n) is 6.84. The molecule has 2 rings (SSSR count). The van der Waals surface area contributed by atoms with Crippen LogP contribution in [0.5, 0.6) is 0 Å². The van der Waals surface area contributed by atoms with Crippen molar-refractivity contribution in [3.05, 3.63) is 24.2 Å². The summed E-state index contributed by atoms with van der Waals surface area (Å²) >= 11 is 0. The van der Waals surface area contributed by atoms with Gasteiger partial charge in [-0.3, -0.25) is 0 Å². The summed E-state index contributed by atoms with van der Waals surface area (Å²) in [6.45, 7) is 5.28. The van der Waals surface area contributed by atoms with Gasteiger partial charge in [0.2, 0.25) is 0 Å². The van der Waals surface area contributed by atoms with E-state index in [9.17, 15) is 0 Å². The van der Waals surface area contributed by atoms with E-state index in [0.29, 0.717) is 12.5 Å². The fourth-order valence-corrected chi connectivity index (χ4v) is 2.14. The second kappa shape index (κ2) is 8.29. The first-order chi connectivity index (χ1) is 8.95. The first-order valence-corrected chi connectivity index (χ1v) is 6.84. The molecule has 0 saturated carbocycles. The van der Waals surface area contributed by atoms with Crippen LogP contribution >= 0.6 is 0 Å². The largest absolute Gasteiger partial charge is 0.467 e. The fraction of sp³-hybridized carbons (Fsp3) is 0.714. The predicted octanol–water partition coefficient (Wildman–Crippen LogP) is 2.20. The van der Waals surface area contributed by atoms with E-state index in [0.717, 1.165) is 45.1 Å². The van der Waals surface area contributed by atoms with Gasteiger partial charge in [0, 0.05) is 19.8 Å². The Morgan fingerprint density at radius 2 is 2.44 bits per heavy atom. The number of furan rings is 1. The molecule has 1 aliphatic rings. The summed E-state index contributed by atoms with van der Waals surface area (Å²) in [5.41, 5.74) is 0. The molecular formula is C14H23NO3. The molecule has 0 bridgehead atoms. The van der Waals surface area contributed by atoms with E-state index in [2.05, 4.69) is 5.32 Å². The molecule has 4 nitrogen and oxygen atoms in total. The summed E-state index contributed by atoms with van der Waals surface area (Å²) in [6, 6.07) is 3.81. The van der Waals surface area contributed by atoms with Crippen LogP contribution in [-0.2, 0) is 16.1 Å². The second-order valence-electron chi connectivity index (χ2n) is 4.77. The summed E-state index contributed by atoms with van der Waals surface area (Å²) in [7, 11) is 0. The molecular weight excluding hydrogens is 230 g/mol. The lowest BCUT2D eigenvalue weighted by Gasteiger charge is -2.22. The van der Waals surface area contributed by atoms with Crippen molar-refractivity contribution < 1.29 is 13.9 Å². The third-order valence-electron chi connectivity index (χ3n) is 3.15. The molecule has 0 radical (unpaired) electrons. The van der Waals surface area contributed by atoms with Crippen molar-refractivity contribution in [3.63, 3.8) is 0 Å². The van der Waals surface area contributed by atoms with E-state index >= 15 is 0 Å². The Morgan fingerprint density at radius 1 is 1.44 bits per heavy atom. The van der Waals surface area contributed by atoms with Gasteiger partial charge in [0.15, 0.2) is 0 Å². The van der Waals surface area contributed by atoms with E-state index in [4.69, 9.17) is 13.9 Å². The van der Waals surface area contributed by atoms with Crippen molar-refractivity contribution in [1.82, 2.24) is 5.32 Å². The third-order valence-corrected chi connectivity index (χ3v) is 3.15. The minimum atomic E-state index is 0.573. The summed E-state index contributed by atoms with van der Waals surface area (Å²) < 4.78 is 16.1. The zero-order chi connectivity index (χ0) is 12.5. The lowest BCUT2D eigenvalue weighted by Crippen LogP contribution is -2.30. The Morgan fingerprint density at radius 3 is 3.22 bits per heavy atom. The maximum Gasteiger partial charge on any atom is 0.129 e. The average molecular weight is 253 g/mol. The Labute approximate surface area is 109 Å². The van der Waals surface area contributed by atoms with Crippen molar-refractivity contribution in [2.75, 3.05) is 32.9 Å². The Kier molecular flexibility index (Phi) is 6.26. The molecule has 1 N–H and O–H groups in total. The van der Waals surface area contributed by atoms with Crippen molar-refractivity contribution in [2.45, 2.75) is 25.9 Å². The number of nitrogens with one attached hydrogen (secondary N) is 1. The van der Waals surface area contributed by atoms with E-state index < -0.39 is 0 Å². The standard InChI is InChI=1S/C14H23NO3/c1-4-13(11-16-7-1)10-15-6-3-8-17-12-14-5-2-9-18-14/h2,5,9,13,15H,1,3-4,6-8,10-12H2. The molecule has 1 aliphatic heterocycles. The number of ether oxygens (including phenoxy) is 2. The van der Waals surface area contributed by atoms with Crippen LogP contribution in [0.15, 0.2) is 22.8 Å². The van der Waals surface area contributed by atoms with Crippen LogP contribution in [-0.4, -0.2) is 32.9 Å². The van der Waals surface area contributed by atoms with Crippen LogP contribution in [0.25, 0.3) is 0 Å². The van der Waals surface area contributed by atoms with E-state index in [1.165, 1.54) is 12.8 Å². The summed E-state index contributed by atoms with van der Waals surface area (Å²) in [5.74, 6) is 1.59. The molecule has 1 aromatic heterocycles. The minimum absolute atomic E-state index is 0.573. The molecule has 0 aliphatic carbocycles. The summed E-state index contributed by atoms with van der Waals surface area (Å²) in [5, 5.41) is 3.47. The van der Waals surface area contributed by atoms with Crippen molar-refractivity contribution in [2.24, 2.45) is 5.92 Å². The Balaban J connectivity index is 1.39. The van der Waals surface area contributed by atoms with Crippen molar-refractivity contribution in [3.8, 4) is 0 Å². The Hall–Kier alpha value is -0.840. The highest BCUT2D eigenvalue weighted by atomic mass is 16.5.